The molecule has 0 amide bonds. The predicted molar refractivity (Wildman–Crippen MR) is 129 cm³/mol. The summed E-state index contributed by atoms with van der Waals surface area (Å²) >= 11 is 6.40. The molecule has 0 saturated carbocycles. The van der Waals surface area contributed by atoms with E-state index in [0.29, 0.717) is 42.2 Å². The van der Waals surface area contributed by atoms with Gasteiger partial charge in [-0.1, -0.05) is 11.6 Å². The number of hydrogen-bond acceptors (Lipinski definition) is 8. The second kappa shape index (κ2) is 9.25. The molecular weight excluding hydrogens is 499 g/mol. The van der Waals surface area contributed by atoms with Crippen LogP contribution in [0.5, 0.6) is 0 Å². The van der Waals surface area contributed by atoms with Crippen molar-refractivity contribution < 1.29 is 22.7 Å². The number of piperidine rings is 1. The Morgan fingerprint density at radius 1 is 1.31 bits per heavy atom. The summed E-state index contributed by atoms with van der Waals surface area (Å²) < 4.78 is 47.9. The molecule has 10 nitrogen and oxygen atoms in total. The van der Waals surface area contributed by atoms with Gasteiger partial charge < -0.3 is 19.7 Å². The van der Waals surface area contributed by atoms with Gasteiger partial charge in [-0.2, -0.15) is 4.31 Å². The van der Waals surface area contributed by atoms with Gasteiger partial charge in [0.2, 0.25) is 16.0 Å². The molecule has 13 heteroatoms. The van der Waals surface area contributed by atoms with E-state index in [9.17, 15) is 13.5 Å². The number of benzene rings is 1. The third-order valence-corrected chi connectivity index (χ3v) is 8.67. The highest BCUT2D eigenvalue weighted by Crippen LogP contribution is 2.33. The van der Waals surface area contributed by atoms with Gasteiger partial charge in [-0.25, -0.2) is 27.8 Å². The zero-order chi connectivity index (χ0) is 24.9. The number of nitrogens with zero attached hydrogens (tertiary/aromatic N) is 5. The number of aliphatic hydroxyl groups excluding tert-OH is 1. The third-order valence-electron chi connectivity index (χ3n) is 6.55. The predicted octanol–water partition coefficient (Wildman–Crippen LogP) is 2.36. The number of anilines is 1. The second-order valence-electron chi connectivity index (χ2n) is 8.80. The Labute approximate surface area is 207 Å². The summed E-state index contributed by atoms with van der Waals surface area (Å²) in [4.78, 5) is 13.1. The number of halogens is 2. The topological polar surface area (TPSA) is 122 Å². The summed E-state index contributed by atoms with van der Waals surface area (Å²) in [5.41, 5.74) is 1.71. The fourth-order valence-electron chi connectivity index (χ4n) is 4.55. The molecule has 0 radical (unpaired) electrons. The minimum atomic E-state index is -3.38. The van der Waals surface area contributed by atoms with Gasteiger partial charge >= 0.3 is 0 Å². The molecule has 2 N–H and O–H groups in total. The van der Waals surface area contributed by atoms with Gasteiger partial charge in [0.05, 0.1) is 59.6 Å². The summed E-state index contributed by atoms with van der Waals surface area (Å²) in [6.07, 6.45) is 0.854. The number of aromatic nitrogens is 4. The maximum Gasteiger partial charge on any atom is 0.223 e. The standard InChI is InChI=1S/C22H26ClFN6O4S/c1-3-35(32,33)29-5-4-17(19(31)9-29)27-22-25-8-15(23)20(28-22)13-6-16(24)21-18(7-13)30(12(2)26-21)14-10-34-11-14/h6-8,14,17,19,31H,3-5,9-11H2,1-2H3,(H,25,27,28). The van der Waals surface area contributed by atoms with Gasteiger partial charge in [0.15, 0.2) is 5.82 Å². The van der Waals surface area contributed by atoms with Crippen molar-refractivity contribution in [3.8, 4) is 11.3 Å². The minimum absolute atomic E-state index is 0.00954. The van der Waals surface area contributed by atoms with Crippen LogP contribution < -0.4 is 5.32 Å². The van der Waals surface area contributed by atoms with Crippen LogP contribution in [0.1, 0.15) is 25.2 Å². The number of imidazole rings is 1. The van der Waals surface area contributed by atoms with Crippen molar-refractivity contribution in [2.24, 2.45) is 0 Å². The van der Waals surface area contributed by atoms with E-state index >= 15 is 4.39 Å². The lowest BCUT2D eigenvalue weighted by atomic mass is 10.0. The number of hydrogen-bond donors (Lipinski definition) is 2. The van der Waals surface area contributed by atoms with Crippen molar-refractivity contribution in [2.45, 2.75) is 38.5 Å². The lowest BCUT2D eigenvalue weighted by Gasteiger charge is -2.35. The largest absolute Gasteiger partial charge is 0.390 e. The van der Waals surface area contributed by atoms with Crippen molar-refractivity contribution in [1.82, 2.24) is 23.8 Å². The van der Waals surface area contributed by atoms with Crippen LogP contribution in [-0.4, -0.2) is 81.6 Å². The van der Waals surface area contributed by atoms with E-state index in [0.717, 1.165) is 0 Å². The van der Waals surface area contributed by atoms with Crippen molar-refractivity contribution in [1.29, 1.82) is 0 Å². The Bertz CT molecular complexity index is 1380. The number of β-amino-alcohol motifs (C(OH)–C–C–N with tert-alkyl or cyclic N) is 1. The number of aliphatic hydroxyl groups is 1. The lowest BCUT2D eigenvalue weighted by Crippen LogP contribution is -2.52. The summed E-state index contributed by atoms with van der Waals surface area (Å²) in [6.45, 7) is 4.76. The van der Waals surface area contributed by atoms with E-state index in [4.69, 9.17) is 16.3 Å². The molecular formula is C22H26ClFN6O4S. The summed E-state index contributed by atoms with van der Waals surface area (Å²) in [5.74, 6) is 0.404. The smallest absolute Gasteiger partial charge is 0.223 e. The van der Waals surface area contributed by atoms with Crippen LogP contribution in [0, 0.1) is 12.7 Å². The Hall–Kier alpha value is -2.38. The fraction of sp³-hybridized carbons (Fsp3) is 0.500. The monoisotopic (exact) mass is 524 g/mol. The normalized spacial score (nSPS) is 21.9. The molecule has 0 bridgehead atoms. The quantitative estimate of drug-likeness (QED) is 0.504. The number of rotatable bonds is 6. The minimum Gasteiger partial charge on any atom is -0.390 e. The van der Waals surface area contributed by atoms with Gasteiger partial charge in [0.1, 0.15) is 11.3 Å². The zero-order valence-electron chi connectivity index (χ0n) is 19.3. The van der Waals surface area contributed by atoms with E-state index in [-0.39, 0.29) is 41.4 Å². The summed E-state index contributed by atoms with van der Waals surface area (Å²) in [5, 5.41) is 13.9. The first kappa shape index (κ1) is 24.3. The molecule has 188 valence electrons. The van der Waals surface area contributed by atoms with Crippen molar-refractivity contribution in [2.75, 3.05) is 37.4 Å². The van der Waals surface area contributed by atoms with Gasteiger partial charge in [-0.3, -0.25) is 0 Å². The molecule has 4 heterocycles. The molecule has 2 aromatic heterocycles. The number of fused-ring (bicyclic) bond motifs is 1. The molecule has 2 saturated heterocycles. The Morgan fingerprint density at radius 3 is 2.74 bits per heavy atom. The van der Waals surface area contributed by atoms with Crippen LogP contribution in [-0.2, 0) is 14.8 Å². The average Bonchev–Trinajstić information content (AvgIpc) is 3.11. The van der Waals surface area contributed by atoms with Crippen LogP contribution >= 0.6 is 11.6 Å². The van der Waals surface area contributed by atoms with Crippen LogP contribution in [0.2, 0.25) is 5.02 Å². The lowest BCUT2D eigenvalue weighted by molar-refractivity contribution is -0.0224. The Balaban J connectivity index is 1.43. The van der Waals surface area contributed by atoms with E-state index in [1.165, 1.54) is 16.6 Å². The maximum atomic E-state index is 15.0. The molecule has 2 aliphatic heterocycles. The number of aryl methyl sites for hydroxylation is 1. The van der Waals surface area contributed by atoms with Crippen LogP contribution in [0.15, 0.2) is 18.3 Å². The maximum absolute atomic E-state index is 15.0. The van der Waals surface area contributed by atoms with Crippen LogP contribution in [0.4, 0.5) is 10.3 Å². The third kappa shape index (κ3) is 4.49. The molecule has 0 spiro atoms. The van der Waals surface area contributed by atoms with Crippen LogP contribution in [0.3, 0.4) is 0 Å². The molecule has 5 rings (SSSR count). The molecule has 2 atom stereocenters. The highest BCUT2D eigenvalue weighted by molar-refractivity contribution is 7.89. The molecule has 3 aromatic rings. The molecule has 35 heavy (non-hydrogen) atoms. The first-order valence-corrected chi connectivity index (χ1v) is 13.4. The number of ether oxygens (including phenoxy) is 1. The SMILES string of the molecule is CCS(=O)(=O)N1CCC(Nc2ncc(Cl)c(-c3cc(F)c4nc(C)n(C5COC5)c4c3)n2)C(O)C1. The van der Waals surface area contributed by atoms with Crippen molar-refractivity contribution >= 4 is 38.6 Å². The Morgan fingerprint density at radius 2 is 2.09 bits per heavy atom. The first-order valence-electron chi connectivity index (χ1n) is 11.4. The average molecular weight is 525 g/mol. The van der Waals surface area contributed by atoms with Gasteiger partial charge in [-0.05, 0) is 32.4 Å². The molecule has 0 aliphatic carbocycles. The van der Waals surface area contributed by atoms with Crippen LogP contribution in [0.25, 0.3) is 22.3 Å². The second-order valence-corrected chi connectivity index (χ2v) is 11.5. The molecule has 2 unspecified atom stereocenters. The Kier molecular flexibility index (Phi) is 6.43. The fourth-order valence-corrected chi connectivity index (χ4v) is 5.88. The highest BCUT2D eigenvalue weighted by atomic mass is 35.5. The number of nitrogens with one attached hydrogen (secondary N) is 1. The van der Waals surface area contributed by atoms with E-state index in [1.807, 2.05) is 11.5 Å². The summed E-state index contributed by atoms with van der Waals surface area (Å²) in [6, 6.07) is 2.79. The van der Waals surface area contributed by atoms with E-state index in [1.54, 1.807) is 13.0 Å². The van der Waals surface area contributed by atoms with Crippen molar-refractivity contribution in [3.63, 3.8) is 0 Å². The van der Waals surface area contributed by atoms with E-state index in [2.05, 4.69) is 20.3 Å². The van der Waals surface area contributed by atoms with Gasteiger partial charge in [-0.15, -0.1) is 0 Å². The summed E-state index contributed by atoms with van der Waals surface area (Å²) in [7, 11) is -3.38. The van der Waals surface area contributed by atoms with Crippen molar-refractivity contribution in [3.05, 3.63) is 35.0 Å². The van der Waals surface area contributed by atoms with Gasteiger partial charge in [0.25, 0.3) is 0 Å². The zero-order valence-corrected chi connectivity index (χ0v) is 20.9. The van der Waals surface area contributed by atoms with E-state index < -0.39 is 28.0 Å². The molecule has 2 fully saturated rings. The first-order chi connectivity index (χ1) is 16.7. The number of sulfonamides is 1. The highest BCUT2D eigenvalue weighted by Gasteiger charge is 2.33. The van der Waals surface area contributed by atoms with Gasteiger partial charge in [0, 0.05) is 18.7 Å². The molecule has 1 aromatic carbocycles. The molecule has 2 aliphatic rings.